The van der Waals surface area contributed by atoms with Gasteiger partial charge in [-0.25, -0.2) is 24.1 Å². The van der Waals surface area contributed by atoms with Gasteiger partial charge in [0.2, 0.25) is 5.60 Å². The summed E-state index contributed by atoms with van der Waals surface area (Å²) in [6.45, 7) is 1.29. The minimum atomic E-state index is -2.28. The number of carbonyl (C=O) groups excluding carboxylic acids is 1. The van der Waals surface area contributed by atoms with Gasteiger partial charge < -0.3 is 29.9 Å². The van der Waals surface area contributed by atoms with Crippen LogP contribution in [-0.4, -0.2) is 78.7 Å². The summed E-state index contributed by atoms with van der Waals surface area (Å²) < 4.78 is 33.0. The number of nitrogen functional groups attached to an aromatic ring is 1. The highest BCUT2D eigenvalue weighted by Crippen LogP contribution is 2.34. The van der Waals surface area contributed by atoms with Crippen LogP contribution in [0.1, 0.15) is 24.2 Å². The molecule has 0 amide bonds. The van der Waals surface area contributed by atoms with Crippen LogP contribution in [0, 0.1) is 6.92 Å². The van der Waals surface area contributed by atoms with E-state index in [4.69, 9.17) is 24.8 Å². The molecule has 1 saturated heterocycles. The van der Waals surface area contributed by atoms with Gasteiger partial charge in [-0.05, 0) is 6.92 Å². The standard InChI is InChI=1S/C24H23FN6O6.CH4O/c1-13-28-20(26)19-21(29-13)31(12-27-19)22-17(25)7-16(36-22)10-35-24(11-32,23(33)34)9-15-8-18(30-37-15)14-5-3-2-4-6-14;1-2/h2-6,8,11-12,16-17,22H,7,9-10H2,1H3,(H,33,34)(H2,26,28,29);2H,1H3. The molecule has 13 nitrogen and oxygen atoms in total. The predicted molar refractivity (Wildman–Crippen MR) is 134 cm³/mol. The van der Waals surface area contributed by atoms with E-state index in [0.29, 0.717) is 22.7 Å². The summed E-state index contributed by atoms with van der Waals surface area (Å²) in [5.41, 5.74) is 5.48. The number of aromatic nitrogens is 5. The number of aliphatic hydroxyl groups is 1. The quantitative estimate of drug-likeness (QED) is 0.206. The number of aldehydes is 1. The van der Waals surface area contributed by atoms with E-state index < -0.39 is 36.5 Å². The van der Waals surface area contributed by atoms with Gasteiger partial charge in [-0.2, -0.15) is 0 Å². The zero-order valence-corrected chi connectivity index (χ0v) is 21.1. The van der Waals surface area contributed by atoms with Crippen LogP contribution in [0.15, 0.2) is 47.2 Å². The van der Waals surface area contributed by atoms with Gasteiger partial charge in [-0.3, -0.25) is 9.36 Å². The van der Waals surface area contributed by atoms with Crippen molar-refractivity contribution in [1.29, 1.82) is 0 Å². The van der Waals surface area contributed by atoms with Crippen LogP contribution in [0.4, 0.5) is 10.2 Å². The Morgan fingerprint density at radius 1 is 1.31 bits per heavy atom. The number of anilines is 1. The number of halogens is 1. The lowest BCUT2D eigenvalue weighted by Gasteiger charge is -2.24. The van der Waals surface area contributed by atoms with Gasteiger partial charge in [0.05, 0.1) is 25.5 Å². The number of hydrogen-bond acceptors (Lipinski definition) is 11. The fourth-order valence-corrected chi connectivity index (χ4v) is 4.25. The molecule has 4 aromatic rings. The van der Waals surface area contributed by atoms with Gasteiger partial charge in [0.25, 0.3) is 0 Å². The molecule has 3 aromatic heterocycles. The number of aliphatic carboxylic acids is 1. The molecule has 0 spiro atoms. The highest BCUT2D eigenvalue weighted by Gasteiger charge is 2.44. The van der Waals surface area contributed by atoms with Crippen LogP contribution in [0.25, 0.3) is 22.4 Å². The maximum absolute atomic E-state index is 15.0. The SMILES string of the molecule is CO.Cc1nc(N)c2ncn(C3OC(COC(C=O)(Cc4cc(-c5ccccc5)no4)C(=O)O)CC3F)c2n1. The Bertz CT molecular complexity index is 1450. The van der Waals surface area contributed by atoms with Crippen molar-refractivity contribution < 1.29 is 38.2 Å². The van der Waals surface area contributed by atoms with Gasteiger partial charge in [0, 0.05) is 25.2 Å². The largest absolute Gasteiger partial charge is 0.479 e. The summed E-state index contributed by atoms with van der Waals surface area (Å²) in [5, 5.41) is 20.8. The molecule has 0 aliphatic carbocycles. The van der Waals surface area contributed by atoms with Gasteiger partial charge in [-0.15, -0.1) is 0 Å². The van der Waals surface area contributed by atoms with E-state index in [1.807, 2.05) is 30.3 Å². The first-order chi connectivity index (χ1) is 18.8. The Labute approximate surface area is 221 Å². The lowest BCUT2D eigenvalue weighted by atomic mass is 9.99. The number of fused-ring (bicyclic) bond motifs is 1. The topological polar surface area (TPSA) is 189 Å². The van der Waals surface area contributed by atoms with E-state index in [9.17, 15) is 19.1 Å². The first-order valence-electron chi connectivity index (χ1n) is 11.9. The third kappa shape index (κ3) is 5.62. The lowest BCUT2D eigenvalue weighted by molar-refractivity contribution is -0.172. The zero-order chi connectivity index (χ0) is 28.2. The second kappa shape index (κ2) is 11.6. The maximum atomic E-state index is 15.0. The fraction of sp³-hybridized carbons (Fsp3) is 0.360. The Balaban J connectivity index is 0.00000172. The average Bonchev–Trinajstić information content (AvgIpc) is 3.66. The van der Waals surface area contributed by atoms with E-state index in [-0.39, 0.29) is 30.9 Å². The number of aliphatic hydroxyl groups excluding tert-OH is 1. The average molecular weight is 543 g/mol. The highest BCUT2D eigenvalue weighted by atomic mass is 19.1. The van der Waals surface area contributed by atoms with Crippen molar-refractivity contribution in [2.24, 2.45) is 0 Å². The van der Waals surface area contributed by atoms with Crippen LogP contribution in [0.2, 0.25) is 0 Å². The van der Waals surface area contributed by atoms with Gasteiger partial charge in [0.1, 0.15) is 29.0 Å². The molecule has 5 rings (SSSR count). The summed E-state index contributed by atoms with van der Waals surface area (Å²) in [6, 6.07) is 10.7. The molecule has 1 aliphatic rings. The van der Waals surface area contributed by atoms with Crippen molar-refractivity contribution >= 4 is 29.2 Å². The number of imidazole rings is 1. The van der Waals surface area contributed by atoms with Gasteiger partial charge in [-0.1, -0.05) is 35.5 Å². The fourth-order valence-electron chi connectivity index (χ4n) is 4.25. The summed E-state index contributed by atoms with van der Waals surface area (Å²) >= 11 is 0. The monoisotopic (exact) mass is 542 g/mol. The number of ether oxygens (including phenoxy) is 2. The number of rotatable bonds is 9. The van der Waals surface area contributed by atoms with Crippen molar-refractivity contribution in [2.45, 2.75) is 43.9 Å². The van der Waals surface area contributed by atoms with E-state index in [1.54, 1.807) is 13.0 Å². The molecule has 1 aliphatic heterocycles. The van der Waals surface area contributed by atoms with Crippen LogP contribution >= 0.6 is 0 Å². The molecule has 1 aromatic carbocycles. The Morgan fingerprint density at radius 2 is 2.05 bits per heavy atom. The van der Waals surface area contributed by atoms with Crippen molar-refractivity contribution in [2.75, 3.05) is 19.5 Å². The Morgan fingerprint density at radius 3 is 2.74 bits per heavy atom. The van der Waals surface area contributed by atoms with E-state index >= 15 is 0 Å². The highest BCUT2D eigenvalue weighted by molar-refractivity contribution is 5.96. The minimum Gasteiger partial charge on any atom is -0.479 e. The van der Waals surface area contributed by atoms with Crippen molar-refractivity contribution in [3.63, 3.8) is 0 Å². The third-order valence-corrected chi connectivity index (χ3v) is 6.11. The van der Waals surface area contributed by atoms with Crippen molar-refractivity contribution in [3.05, 3.63) is 54.3 Å². The number of hydrogen-bond donors (Lipinski definition) is 3. The smallest absolute Gasteiger partial charge is 0.343 e. The molecule has 4 unspecified atom stereocenters. The van der Waals surface area contributed by atoms with Crippen molar-refractivity contribution in [1.82, 2.24) is 24.7 Å². The number of carbonyl (C=O) groups is 2. The molecule has 4 N–H and O–H groups in total. The number of carboxylic acids is 1. The maximum Gasteiger partial charge on any atom is 0.343 e. The first kappa shape index (κ1) is 27.8. The third-order valence-electron chi connectivity index (χ3n) is 6.11. The summed E-state index contributed by atoms with van der Waals surface area (Å²) in [5.74, 6) is -0.830. The number of carboxylic acid groups (broad SMARTS) is 1. The molecule has 0 saturated carbocycles. The molecule has 0 bridgehead atoms. The van der Waals surface area contributed by atoms with Gasteiger partial charge >= 0.3 is 5.97 Å². The second-order valence-corrected chi connectivity index (χ2v) is 8.73. The molecule has 206 valence electrons. The number of nitrogens with zero attached hydrogens (tertiary/aromatic N) is 5. The van der Waals surface area contributed by atoms with Crippen LogP contribution in [-0.2, 0) is 25.5 Å². The van der Waals surface area contributed by atoms with E-state index in [0.717, 1.165) is 12.7 Å². The van der Waals surface area contributed by atoms with Crippen LogP contribution in [0.5, 0.6) is 0 Å². The molecular formula is C25H27FN6O7. The van der Waals surface area contributed by atoms with Crippen LogP contribution < -0.4 is 5.73 Å². The molecule has 14 heteroatoms. The number of nitrogens with two attached hydrogens (primary N) is 1. The molecule has 4 atom stereocenters. The minimum absolute atomic E-state index is 0.0983. The number of alkyl halides is 1. The molecular weight excluding hydrogens is 515 g/mol. The van der Waals surface area contributed by atoms with E-state index in [1.165, 1.54) is 10.9 Å². The molecule has 0 radical (unpaired) electrons. The van der Waals surface area contributed by atoms with E-state index in [2.05, 4.69) is 20.1 Å². The first-order valence-corrected chi connectivity index (χ1v) is 11.9. The van der Waals surface area contributed by atoms with Crippen LogP contribution in [0.3, 0.4) is 0 Å². The van der Waals surface area contributed by atoms with Gasteiger partial charge in [0.15, 0.2) is 24.0 Å². The summed E-state index contributed by atoms with van der Waals surface area (Å²) in [6.07, 6.45) is -2.37. The predicted octanol–water partition coefficient (Wildman–Crippen LogP) is 1.89. The molecule has 1 fully saturated rings. The summed E-state index contributed by atoms with van der Waals surface area (Å²) in [4.78, 5) is 36.5. The normalized spacial score (nSPS) is 20.3. The Kier molecular flexibility index (Phi) is 8.28. The lowest BCUT2D eigenvalue weighted by Crippen LogP contribution is -2.47. The second-order valence-electron chi connectivity index (χ2n) is 8.73. The number of benzene rings is 1. The zero-order valence-electron chi connectivity index (χ0n) is 21.1. The van der Waals surface area contributed by atoms with Crippen molar-refractivity contribution in [3.8, 4) is 11.3 Å². The Hall–Kier alpha value is -4.27. The number of aryl methyl sites for hydroxylation is 1. The molecule has 4 heterocycles. The molecule has 39 heavy (non-hydrogen) atoms. The summed E-state index contributed by atoms with van der Waals surface area (Å²) in [7, 11) is 1.00.